The van der Waals surface area contributed by atoms with E-state index in [1.807, 2.05) is 19.1 Å². The lowest BCUT2D eigenvalue weighted by Crippen LogP contribution is -2.21. The predicted molar refractivity (Wildman–Crippen MR) is 72.7 cm³/mol. The van der Waals surface area contributed by atoms with Crippen molar-refractivity contribution < 1.29 is 4.74 Å². The minimum atomic E-state index is -0.00396. The van der Waals surface area contributed by atoms with Crippen LogP contribution in [0.1, 0.15) is 29.7 Å². The lowest BCUT2D eigenvalue weighted by molar-refractivity contribution is 0.228. The Morgan fingerprint density at radius 3 is 2.61 bits per heavy atom. The van der Waals surface area contributed by atoms with Gasteiger partial charge in [-0.05, 0) is 30.5 Å². The van der Waals surface area contributed by atoms with Gasteiger partial charge in [0.25, 0.3) is 0 Å². The van der Waals surface area contributed by atoms with E-state index in [0.717, 1.165) is 17.7 Å². The van der Waals surface area contributed by atoms with E-state index >= 15 is 0 Å². The van der Waals surface area contributed by atoms with Crippen molar-refractivity contribution in [2.24, 2.45) is 5.73 Å². The molecule has 2 atom stereocenters. The first-order chi connectivity index (χ1) is 8.74. The smallest absolute Gasteiger partial charge is 0.124 e. The average molecular weight is 239 g/mol. The topological polar surface area (TPSA) is 35.2 Å². The van der Waals surface area contributed by atoms with Crippen LogP contribution in [0.25, 0.3) is 0 Å². The highest BCUT2D eigenvalue weighted by molar-refractivity contribution is 5.44. The number of benzene rings is 2. The van der Waals surface area contributed by atoms with Gasteiger partial charge in [-0.1, -0.05) is 42.5 Å². The fourth-order valence-electron chi connectivity index (χ4n) is 2.43. The number of nitrogens with two attached hydrogens (primary N) is 1. The summed E-state index contributed by atoms with van der Waals surface area (Å²) in [4.78, 5) is 0. The second kappa shape index (κ2) is 4.46. The highest BCUT2D eigenvalue weighted by atomic mass is 16.5. The summed E-state index contributed by atoms with van der Waals surface area (Å²) in [5, 5.41) is 0. The van der Waals surface area contributed by atoms with Gasteiger partial charge in [-0.3, -0.25) is 0 Å². The number of fused-ring (bicyclic) bond motifs is 1. The molecule has 2 heteroatoms. The molecule has 0 saturated carbocycles. The van der Waals surface area contributed by atoms with Crippen LogP contribution in [-0.4, -0.2) is 6.10 Å². The van der Waals surface area contributed by atoms with Crippen LogP contribution < -0.4 is 10.5 Å². The SMILES string of the molecule is CC1Oc2ccc(Cc3ccccc3)cc2C1N. The van der Waals surface area contributed by atoms with Crippen molar-refractivity contribution in [2.75, 3.05) is 0 Å². The molecule has 2 N–H and O–H groups in total. The summed E-state index contributed by atoms with van der Waals surface area (Å²) in [5.74, 6) is 0.937. The van der Waals surface area contributed by atoms with E-state index in [1.54, 1.807) is 0 Å². The summed E-state index contributed by atoms with van der Waals surface area (Å²) in [5.41, 5.74) is 9.87. The van der Waals surface area contributed by atoms with Crippen LogP contribution in [0.5, 0.6) is 5.75 Å². The molecule has 92 valence electrons. The van der Waals surface area contributed by atoms with Crippen LogP contribution in [0.15, 0.2) is 48.5 Å². The minimum absolute atomic E-state index is 0.00396. The highest BCUT2D eigenvalue weighted by Gasteiger charge is 2.27. The van der Waals surface area contributed by atoms with Crippen molar-refractivity contribution >= 4 is 0 Å². The van der Waals surface area contributed by atoms with Gasteiger partial charge in [-0.2, -0.15) is 0 Å². The summed E-state index contributed by atoms with van der Waals surface area (Å²) in [6.45, 7) is 2.02. The molecule has 0 spiro atoms. The van der Waals surface area contributed by atoms with Crippen molar-refractivity contribution in [2.45, 2.75) is 25.5 Å². The molecule has 0 fully saturated rings. The molecule has 0 aromatic heterocycles. The summed E-state index contributed by atoms with van der Waals surface area (Å²) >= 11 is 0. The van der Waals surface area contributed by atoms with Gasteiger partial charge in [0, 0.05) is 5.56 Å². The molecular formula is C16H17NO. The average Bonchev–Trinajstić information content (AvgIpc) is 2.67. The minimum Gasteiger partial charge on any atom is -0.488 e. The van der Waals surface area contributed by atoms with Gasteiger partial charge < -0.3 is 10.5 Å². The zero-order valence-corrected chi connectivity index (χ0v) is 10.5. The highest BCUT2D eigenvalue weighted by Crippen LogP contribution is 2.35. The normalized spacial score (nSPS) is 21.4. The first-order valence-corrected chi connectivity index (χ1v) is 6.33. The quantitative estimate of drug-likeness (QED) is 0.874. The molecule has 0 aliphatic carbocycles. The summed E-state index contributed by atoms with van der Waals surface area (Å²) in [6.07, 6.45) is 1.02. The second-order valence-corrected chi connectivity index (χ2v) is 4.88. The first-order valence-electron chi connectivity index (χ1n) is 6.33. The Morgan fingerprint density at radius 1 is 1.06 bits per heavy atom. The first kappa shape index (κ1) is 11.3. The van der Waals surface area contributed by atoms with Crippen molar-refractivity contribution in [3.05, 3.63) is 65.2 Å². The number of hydrogen-bond acceptors (Lipinski definition) is 2. The monoisotopic (exact) mass is 239 g/mol. The van der Waals surface area contributed by atoms with Crippen LogP contribution in [0.4, 0.5) is 0 Å². The van der Waals surface area contributed by atoms with Crippen molar-refractivity contribution in [3.63, 3.8) is 0 Å². The molecule has 0 amide bonds. The van der Waals surface area contributed by atoms with Crippen LogP contribution in [-0.2, 0) is 6.42 Å². The van der Waals surface area contributed by atoms with Crippen LogP contribution in [0.3, 0.4) is 0 Å². The molecule has 18 heavy (non-hydrogen) atoms. The molecule has 0 saturated heterocycles. The molecule has 2 nitrogen and oxygen atoms in total. The summed E-state index contributed by atoms with van der Waals surface area (Å²) in [6, 6.07) is 16.8. The van der Waals surface area contributed by atoms with Crippen LogP contribution in [0, 0.1) is 0 Å². The Balaban J connectivity index is 1.88. The van der Waals surface area contributed by atoms with Gasteiger partial charge >= 0.3 is 0 Å². The molecule has 2 unspecified atom stereocenters. The molecule has 1 aliphatic rings. The Bertz CT molecular complexity index is 550. The van der Waals surface area contributed by atoms with Crippen LogP contribution in [0.2, 0.25) is 0 Å². The van der Waals surface area contributed by atoms with Gasteiger partial charge in [-0.15, -0.1) is 0 Å². The molecule has 0 bridgehead atoms. The van der Waals surface area contributed by atoms with E-state index in [9.17, 15) is 0 Å². The van der Waals surface area contributed by atoms with Gasteiger partial charge in [0.1, 0.15) is 11.9 Å². The Kier molecular flexibility index (Phi) is 2.80. The van der Waals surface area contributed by atoms with Gasteiger partial charge in [0.2, 0.25) is 0 Å². The summed E-state index contributed by atoms with van der Waals surface area (Å²) in [7, 11) is 0. The van der Waals surface area contributed by atoms with Crippen molar-refractivity contribution in [1.82, 2.24) is 0 Å². The third-order valence-electron chi connectivity index (χ3n) is 3.50. The molecule has 1 heterocycles. The maximum atomic E-state index is 6.13. The molecule has 2 aromatic carbocycles. The van der Waals surface area contributed by atoms with E-state index < -0.39 is 0 Å². The maximum Gasteiger partial charge on any atom is 0.124 e. The van der Waals surface area contributed by atoms with Gasteiger partial charge in [0.15, 0.2) is 0 Å². The standard InChI is InChI=1S/C16H17NO/c1-11-16(17)14-10-13(7-8-15(14)18-11)9-12-5-3-2-4-6-12/h2-8,10-11,16H,9,17H2,1H3. The van der Waals surface area contributed by atoms with E-state index in [2.05, 4.69) is 36.4 Å². The maximum absolute atomic E-state index is 6.13. The molecule has 3 rings (SSSR count). The predicted octanol–water partition coefficient (Wildman–Crippen LogP) is 3.06. The molecule has 2 aromatic rings. The zero-order valence-electron chi connectivity index (χ0n) is 10.5. The Labute approximate surface area is 107 Å². The van der Waals surface area contributed by atoms with Crippen molar-refractivity contribution in [3.8, 4) is 5.75 Å². The van der Waals surface area contributed by atoms with Crippen molar-refractivity contribution in [1.29, 1.82) is 0 Å². The van der Waals surface area contributed by atoms with E-state index in [1.165, 1.54) is 11.1 Å². The molecule has 1 aliphatic heterocycles. The third-order valence-corrected chi connectivity index (χ3v) is 3.50. The van der Waals surface area contributed by atoms with Gasteiger partial charge in [-0.25, -0.2) is 0 Å². The van der Waals surface area contributed by atoms with Crippen LogP contribution >= 0.6 is 0 Å². The van der Waals surface area contributed by atoms with E-state index in [-0.39, 0.29) is 12.1 Å². The Hall–Kier alpha value is -1.80. The molecule has 0 radical (unpaired) electrons. The van der Waals surface area contributed by atoms with Gasteiger partial charge in [0.05, 0.1) is 6.04 Å². The number of ether oxygens (including phenoxy) is 1. The lowest BCUT2D eigenvalue weighted by Gasteiger charge is -2.08. The largest absolute Gasteiger partial charge is 0.488 e. The third kappa shape index (κ3) is 2.00. The van der Waals surface area contributed by atoms with E-state index in [4.69, 9.17) is 10.5 Å². The number of rotatable bonds is 2. The fourth-order valence-corrected chi connectivity index (χ4v) is 2.43. The Morgan fingerprint density at radius 2 is 1.83 bits per heavy atom. The second-order valence-electron chi connectivity index (χ2n) is 4.88. The fraction of sp³-hybridized carbons (Fsp3) is 0.250. The lowest BCUT2D eigenvalue weighted by atomic mass is 9.99. The zero-order chi connectivity index (χ0) is 12.5. The number of hydrogen-bond donors (Lipinski definition) is 1. The molecular weight excluding hydrogens is 222 g/mol. The van der Waals surface area contributed by atoms with E-state index in [0.29, 0.717) is 0 Å². The summed E-state index contributed by atoms with van der Waals surface area (Å²) < 4.78 is 5.70.